The number of aromatic nitrogens is 4. The summed E-state index contributed by atoms with van der Waals surface area (Å²) in [7, 11) is 0. The van der Waals surface area contributed by atoms with Crippen LogP contribution in [0.3, 0.4) is 0 Å². The molecule has 0 aliphatic rings. The van der Waals surface area contributed by atoms with Crippen LogP contribution < -0.4 is 15.4 Å². The molecule has 0 saturated carbocycles. The van der Waals surface area contributed by atoms with Crippen molar-refractivity contribution >= 4 is 23.8 Å². The van der Waals surface area contributed by atoms with E-state index in [4.69, 9.17) is 4.74 Å². The molecule has 9 nitrogen and oxygen atoms in total. The van der Waals surface area contributed by atoms with E-state index in [1.165, 1.54) is 29.8 Å². The van der Waals surface area contributed by atoms with Gasteiger partial charge in [0.25, 0.3) is 5.91 Å². The van der Waals surface area contributed by atoms with E-state index in [0.717, 1.165) is 6.07 Å². The Morgan fingerprint density at radius 2 is 1.95 bits per heavy atom. The number of nitrogens with one attached hydrogen (secondary N) is 2. The number of benzene rings is 1. The molecular formula is C27H25F3N6O3. The molecule has 0 aliphatic carbocycles. The maximum Gasteiger partial charge on any atom is 0.302 e. The van der Waals surface area contributed by atoms with E-state index in [1.807, 2.05) is 0 Å². The van der Waals surface area contributed by atoms with E-state index in [2.05, 4.69) is 32.3 Å². The zero-order valence-electron chi connectivity index (χ0n) is 21.4. The first kappa shape index (κ1) is 27.3. The number of alkyl halides is 2. The zero-order chi connectivity index (χ0) is 28.3. The summed E-state index contributed by atoms with van der Waals surface area (Å²) in [6.45, 7) is 6.52. The van der Waals surface area contributed by atoms with Gasteiger partial charge in [-0.1, -0.05) is 12.6 Å². The molecule has 3 heterocycles. The summed E-state index contributed by atoms with van der Waals surface area (Å²) < 4.78 is 49.2. The number of aryl methyl sites for hydroxylation is 2. The lowest BCUT2D eigenvalue weighted by Crippen LogP contribution is -2.28. The van der Waals surface area contributed by atoms with Crippen LogP contribution in [0.4, 0.5) is 19.0 Å². The summed E-state index contributed by atoms with van der Waals surface area (Å²) in [6.07, 6.45) is 2.05. The number of rotatable bonds is 10. The van der Waals surface area contributed by atoms with Crippen molar-refractivity contribution in [1.29, 1.82) is 0 Å². The molecule has 0 fully saturated rings. The van der Waals surface area contributed by atoms with Gasteiger partial charge in [-0.25, -0.2) is 13.9 Å². The van der Waals surface area contributed by atoms with Crippen molar-refractivity contribution < 1.29 is 27.5 Å². The highest BCUT2D eigenvalue weighted by Gasteiger charge is 2.31. The molecule has 2 amide bonds. The van der Waals surface area contributed by atoms with Gasteiger partial charge in [-0.3, -0.25) is 14.6 Å². The fraction of sp³-hybridized carbons (Fsp3) is 0.222. The lowest BCUT2D eigenvalue weighted by atomic mass is 10.0. The lowest BCUT2D eigenvalue weighted by molar-refractivity contribution is -0.105. The van der Waals surface area contributed by atoms with Crippen LogP contribution in [0.5, 0.6) is 5.75 Å². The molecule has 39 heavy (non-hydrogen) atoms. The number of halogens is 3. The van der Waals surface area contributed by atoms with Crippen LogP contribution in [0.1, 0.15) is 34.2 Å². The highest BCUT2D eigenvalue weighted by Crippen LogP contribution is 2.28. The number of amides is 2. The third-order valence-corrected chi connectivity index (χ3v) is 5.99. The van der Waals surface area contributed by atoms with Gasteiger partial charge in [0, 0.05) is 23.4 Å². The van der Waals surface area contributed by atoms with Gasteiger partial charge >= 0.3 is 5.92 Å². The predicted molar refractivity (Wildman–Crippen MR) is 138 cm³/mol. The average Bonchev–Trinajstić information content (AvgIpc) is 3.28. The molecule has 2 N–H and O–H groups in total. The van der Waals surface area contributed by atoms with Crippen LogP contribution in [0, 0.1) is 19.7 Å². The number of carbonyl (C=O) groups excluding carboxylic acids is 2. The zero-order valence-corrected chi connectivity index (χ0v) is 21.4. The number of carbonyl (C=O) groups is 2. The number of ether oxygens (including phenoxy) is 1. The minimum absolute atomic E-state index is 0.0757. The van der Waals surface area contributed by atoms with E-state index >= 15 is 0 Å². The summed E-state index contributed by atoms with van der Waals surface area (Å²) >= 11 is 0. The normalized spacial score (nSPS) is 11.3. The van der Waals surface area contributed by atoms with Gasteiger partial charge in [-0.2, -0.15) is 13.9 Å². The Morgan fingerprint density at radius 3 is 2.67 bits per heavy atom. The molecule has 0 unspecified atom stereocenters. The molecule has 202 valence electrons. The van der Waals surface area contributed by atoms with Crippen LogP contribution in [-0.2, 0) is 11.3 Å². The second kappa shape index (κ2) is 10.9. The summed E-state index contributed by atoms with van der Waals surface area (Å²) in [4.78, 5) is 32.5. The molecule has 4 aromatic rings. The summed E-state index contributed by atoms with van der Waals surface area (Å²) in [5.41, 5.74) is 2.39. The van der Waals surface area contributed by atoms with E-state index in [0.29, 0.717) is 40.5 Å². The van der Waals surface area contributed by atoms with Crippen LogP contribution in [0.25, 0.3) is 16.9 Å². The molecule has 0 radical (unpaired) electrons. The Morgan fingerprint density at radius 1 is 1.18 bits per heavy atom. The first-order chi connectivity index (χ1) is 18.5. The van der Waals surface area contributed by atoms with Crippen LogP contribution in [0.2, 0.25) is 0 Å². The van der Waals surface area contributed by atoms with E-state index in [1.54, 1.807) is 32.0 Å². The Kier molecular flexibility index (Phi) is 7.65. The molecule has 0 atom stereocenters. The molecule has 3 aromatic heterocycles. The highest BCUT2D eigenvalue weighted by molar-refractivity contribution is 5.96. The number of pyridine rings is 1. The van der Waals surface area contributed by atoms with Gasteiger partial charge in [0.1, 0.15) is 11.6 Å². The van der Waals surface area contributed by atoms with Gasteiger partial charge in [0.2, 0.25) is 6.41 Å². The third kappa shape index (κ3) is 5.89. The number of fused-ring (bicyclic) bond motifs is 1. The molecular weight excluding hydrogens is 513 g/mol. The summed E-state index contributed by atoms with van der Waals surface area (Å²) in [5, 5.41) is 9.58. The lowest BCUT2D eigenvalue weighted by Gasteiger charge is -2.19. The summed E-state index contributed by atoms with van der Waals surface area (Å²) in [5.74, 6) is -4.35. The number of nitrogens with zero attached hydrogens (tertiary/aromatic N) is 4. The van der Waals surface area contributed by atoms with Gasteiger partial charge in [0.15, 0.2) is 18.1 Å². The average molecular weight is 539 g/mol. The Labute approximate surface area is 221 Å². The fourth-order valence-corrected chi connectivity index (χ4v) is 3.77. The Balaban J connectivity index is 1.57. The predicted octanol–water partition coefficient (Wildman–Crippen LogP) is 4.64. The monoisotopic (exact) mass is 538 g/mol. The minimum atomic E-state index is -3.30. The minimum Gasteiger partial charge on any atom is -0.486 e. The molecule has 4 rings (SSSR count). The second-order valence-electron chi connectivity index (χ2n) is 8.84. The number of hydrogen-bond acceptors (Lipinski definition) is 6. The molecule has 0 spiro atoms. The fourth-order valence-electron chi connectivity index (χ4n) is 3.77. The SMILES string of the molecule is C=C(C)C(F)(F)COc1cccc(F)c1CNC(=O)c1cc(-c2ccc3nc(NC=O)cn3n2)c(C)nc1C. The van der Waals surface area contributed by atoms with Crippen molar-refractivity contribution in [3.05, 3.63) is 83.1 Å². The van der Waals surface area contributed by atoms with Gasteiger partial charge in [-0.15, -0.1) is 0 Å². The van der Waals surface area contributed by atoms with E-state index < -0.39 is 24.3 Å². The largest absolute Gasteiger partial charge is 0.486 e. The van der Waals surface area contributed by atoms with Gasteiger partial charge < -0.3 is 15.4 Å². The van der Waals surface area contributed by atoms with Gasteiger partial charge in [-0.05, 0) is 56.7 Å². The Bertz CT molecular complexity index is 1580. The quantitative estimate of drug-likeness (QED) is 0.225. The van der Waals surface area contributed by atoms with Crippen molar-refractivity contribution in [2.45, 2.75) is 33.2 Å². The van der Waals surface area contributed by atoms with E-state index in [9.17, 15) is 22.8 Å². The molecule has 0 bridgehead atoms. The van der Waals surface area contributed by atoms with Crippen molar-refractivity contribution in [2.75, 3.05) is 11.9 Å². The standard InChI is InChI=1S/C27H25F3N6O3/c1-15(2)27(29,30)13-39-23-7-5-6-21(28)20(23)11-31-26(38)19-10-18(16(3)33-17(19)4)22-8-9-25-34-24(32-14-37)12-36(25)35-22/h5-10,12,14H,1,11,13H2,2-4H3,(H,31,38)(H,32,37). The number of imidazole rings is 1. The number of anilines is 1. The maximum absolute atomic E-state index is 14.6. The molecule has 0 saturated heterocycles. The van der Waals surface area contributed by atoms with Crippen molar-refractivity contribution in [3.8, 4) is 17.0 Å². The smallest absolute Gasteiger partial charge is 0.302 e. The molecule has 1 aromatic carbocycles. The molecule has 0 aliphatic heterocycles. The highest BCUT2D eigenvalue weighted by atomic mass is 19.3. The van der Waals surface area contributed by atoms with Crippen molar-refractivity contribution in [1.82, 2.24) is 24.9 Å². The first-order valence-corrected chi connectivity index (χ1v) is 11.8. The van der Waals surface area contributed by atoms with Gasteiger partial charge in [0.05, 0.1) is 23.1 Å². The third-order valence-electron chi connectivity index (χ3n) is 5.99. The van der Waals surface area contributed by atoms with E-state index in [-0.39, 0.29) is 29.0 Å². The van der Waals surface area contributed by atoms with Crippen LogP contribution >= 0.6 is 0 Å². The Hall–Kier alpha value is -4.74. The molecule has 12 heteroatoms. The summed E-state index contributed by atoms with van der Waals surface area (Å²) in [6, 6.07) is 8.86. The van der Waals surface area contributed by atoms with Crippen molar-refractivity contribution in [3.63, 3.8) is 0 Å². The van der Waals surface area contributed by atoms with Crippen LogP contribution in [0.15, 0.2) is 54.7 Å². The first-order valence-electron chi connectivity index (χ1n) is 11.8. The second-order valence-corrected chi connectivity index (χ2v) is 8.84. The topological polar surface area (TPSA) is 111 Å². The van der Waals surface area contributed by atoms with Crippen molar-refractivity contribution in [2.24, 2.45) is 0 Å². The maximum atomic E-state index is 14.6. The number of hydrogen-bond donors (Lipinski definition) is 2. The van der Waals surface area contributed by atoms with Crippen LogP contribution in [-0.4, -0.2) is 44.4 Å².